The number of anilines is 1. The van der Waals surface area contributed by atoms with E-state index in [9.17, 15) is 13.2 Å². The van der Waals surface area contributed by atoms with E-state index in [0.29, 0.717) is 10.7 Å². The number of amides is 2. The predicted molar refractivity (Wildman–Crippen MR) is 70.3 cm³/mol. The Bertz CT molecular complexity index is 581. The largest absolute Gasteiger partial charge is 0.331 e. The molecule has 2 N–H and O–H groups in total. The zero-order chi connectivity index (χ0) is 13.2. The zero-order valence-corrected chi connectivity index (χ0v) is 10.8. The SMILES string of the molecule is O=C(Nc1ccc(Cl)cc1)NC1C=CS(=O)(=O)C1. The Morgan fingerprint density at radius 3 is 2.50 bits per heavy atom. The quantitative estimate of drug-likeness (QED) is 0.870. The van der Waals surface area contributed by atoms with Gasteiger partial charge in [-0.15, -0.1) is 0 Å². The summed E-state index contributed by atoms with van der Waals surface area (Å²) in [5.41, 5.74) is 0.585. The first kappa shape index (κ1) is 12.9. The molecule has 0 radical (unpaired) electrons. The number of halogens is 1. The lowest BCUT2D eigenvalue weighted by Crippen LogP contribution is -2.38. The van der Waals surface area contributed by atoms with Crippen molar-refractivity contribution in [2.45, 2.75) is 6.04 Å². The second-order valence-electron chi connectivity index (χ2n) is 3.87. The number of carbonyl (C=O) groups excluding carboxylic acids is 1. The van der Waals surface area contributed by atoms with Gasteiger partial charge in [0.2, 0.25) is 0 Å². The van der Waals surface area contributed by atoms with Crippen LogP contribution in [0.15, 0.2) is 35.7 Å². The van der Waals surface area contributed by atoms with Crippen molar-refractivity contribution >= 4 is 33.2 Å². The van der Waals surface area contributed by atoms with E-state index in [4.69, 9.17) is 11.6 Å². The fourth-order valence-corrected chi connectivity index (χ4v) is 2.90. The fraction of sp³-hybridized carbons (Fsp3) is 0.182. The van der Waals surface area contributed by atoms with Gasteiger partial charge in [-0.3, -0.25) is 0 Å². The first-order chi connectivity index (χ1) is 8.44. The van der Waals surface area contributed by atoms with Gasteiger partial charge in [-0.1, -0.05) is 11.6 Å². The van der Waals surface area contributed by atoms with Gasteiger partial charge in [0.15, 0.2) is 9.84 Å². The van der Waals surface area contributed by atoms with Crippen LogP contribution in [0.3, 0.4) is 0 Å². The summed E-state index contributed by atoms with van der Waals surface area (Å²) in [7, 11) is -3.16. The molecule has 1 atom stereocenters. The summed E-state index contributed by atoms with van der Waals surface area (Å²) in [5.74, 6) is -0.0962. The molecule has 1 aliphatic heterocycles. The average Bonchev–Trinajstić information content (AvgIpc) is 2.61. The van der Waals surface area contributed by atoms with E-state index in [1.165, 1.54) is 6.08 Å². The predicted octanol–water partition coefficient (Wildman–Crippen LogP) is 1.77. The lowest BCUT2D eigenvalue weighted by molar-refractivity contribution is 0.251. The normalized spacial score (nSPS) is 20.6. The van der Waals surface area contributed by atoms with Crippen molar-refractivity contribution in [2.75, 3.05) is 11.1 Å². The van der Waals surface area contributed by atoms with E-state index >= 15 is 0 Å². The average molecular weight is 287 g/mol. The van der Waals surface area contributed by atoms with E-state index in [2.05, 4.69) is 10.6 Å². The monoisotopic (exact) mass is 286 g/mol. The number of hydrogen-bond acceptors (Lipinski definition) is 3. The molecule has 1 aromatic carbocycles. The van der Waals surface area contributed by atoms with Crippen LogP contribution in [0.25, 0.3) is 0 Å². The first-order valence-electron chi connectivity index (χ1n) is 5.19. The summed E-state index contributed by atoms with van der Waals surface area (Å²) in [6.45, 7) is 0. The van der Waals surface area contributed by atoms with E-state index in [1.807, 2.05) is 0 Å². The Hall–Kier alpha value is -1.53. The van der Waals surface area contributed by atoms with E-state index in [-0.39, 0.29) is 5.75 Å². The number of carbonyl (C=O) groups is 1. The maximum absolute atomic E-state index is 11.6. The molecule has 0 aliphatic carbocycles. The number of hydrogen-bond donors (Lipinski definition) is 2. The third-order valence-corrected chi connectivity index (χ3v) is 4.00. The van der Waals surface area contributed by atoms with Gasteiger partial charge in [0.1, 0.15) is 0 Å². The van der Waals surface area contributed by atoms with Gasteiger partial charge in [-0.2, -0.15) is 0 Å². The molecule has 1 aliphatic rings. The van der Waals surface area contributed by atoms with Crippen molar-refractivity contribution in [3.63, 3.8) is 0 Å². The molecule has 18 heavy (non-hydrogen) atoms. The summed E-state index contributed by atoms with van der Waals surface area (Å²) in [4.78, 5) is 11.6. The molecule has 96 valence electrons. The Balaban J connectivity index is 1.90. The van der Waals surface area contributed by atoms with Crippen molar-refractivity contribution in [3.8, 4) is 0 Å². The highest BCUT2D eigenvalue weighted by Gasteiger charge is 2.22. The summed E-state index contributed by atoms with van der Waals surface area (Å²) in [5, 5.41) is 6.82. The van der Waals surface area contributed by atoms with Crippen LogP contribution in [0.5, 0.6) is 0 Å². The molecular weight excluding hydrogens is 276 g/mol. The van der Waals surface area contributed by atoms with Crippen molar-refractivity contribution in [1.29, 1.82) is 0 Å². The molecule has 2 amide bonds. The molecule has 0 aromatic heterocycles. The van der Waals surface area contributed by atoms with Crippen LogP contribution in [0, 0.1) is 0 Å². The molecule has 0 saturated heterocycles. The minimum Gasteiger partial charge on any atom is -0.331 e. The topological polar surface area (TPSA) is 75.3 Å². The third-order valence-electron chi connectivity index (χ3n) is 2.35. The van der Waals surface area contributed by atoms with Crippen LogP contribution in [-0.4, -0.2) is 26.2 Å². The smallest absolute Gasteiger partial charge is 0.319 e. The minimum absolute atomic E-state index is 0.0962. The standard InChI is InChI=1S/C11H11ClN2O3S/c12-8-1-3-9(4-2-8)13-11(15)14-10-5-6-18(16,17)7-10/h1-6,10H,7H2,(H2,13,14,15). The molecule has 0 fully saturated rings. The van der Waals surface area contributed by atoms with E-state index in [0.717, 1.165) is 5.41 Å². The van der Waals surface area contributed by atoms with Crippen LogP contribution >= 0.6 is 11.6 Å². The molecule has 1 unspecified atom stereocenters. The molecule has 0 saturated carbocycles. The van der Waals surface area contributed by atoms with Gasteiger partial charge in [0, 0.05) is 16.1 Å². The van der Waals surface area contributed by atoms with Crippen molar-refractivity contribution in [1.82, 2.24) is 5.32 Å². The fourth-order valence-electron chi connectivity index (χ4n) is 1.53. The number of urea groups is 1. The Kier molecular flexibility index (Phi) is 3.58. The van der Waals surface area contributed by atoms with Crippen molar-refractivity contribution in [2.24, 2.45) is 0 Å². The van der Waals surface area contributed by atoms with Crippen LogP contribution in [-0.2, 0) is 9.84 Å². The second-order valence-corrected chi connectivity index (χ2v) is 6.24. The Morgan fingerprint density at radius 2 is 1.94 bits per heavy atom. The summed E-state index contributed by atoms with van der Waals surface area (Å²) >= 11 is 5.71. The van der Waals surface area contributed by atoms with Gasteiger partial charge in [-0.25, -0.2) is 13.2 Å². The summed E-state index contributed by atoms with van der Waals surface area (Å²) < 4.78 is 22.3. The summed E-state index contributed by atoms with van der Waals surface area (Å²) in [6.07, 6.45) is 1.46. The summed E-state index contributed by atoms with van der Waals surface area (Å²) in [6, 6.07) is 5.67. The second kappa shape index (κ2) is 4.99. The van der Waals surface area contributed by atoms with Gasteiger partial charge in [-0.05, 0) is 30.3 Å². The maximum atomic E-state index is 11.6. The Labute approximate surface area is 110 Å². The Morgan fingerprint density at radius 1 is 1.28 bits per heavy atom. The highest BCUT2D eigenvalue weighted by atomic mass is 35.5. The van der Waals surface area contributed by atoms with Gasteiger partial charge in [0.05, 0.1) is 11.8 Å². The number of rotatable bonds is 2. The van der Waals surface area contributed by atoms with Gasteiger partial charge < -0.3 is 10.6 Å². The maximum Gasteiger partial charge on any atom is 0.319 e. The van der Waals surface area contributed by atoms with Crippen molar-refractivity contribution < 1.29 is 13.2 Å². The molecule has 7 heteroatoms. The minimum atomic E-state index is -3.16. The van der Waals surface area contributed by atoms with Crippen LogP contribution < -0.4 is 10.6 Å². The van der Waals surface area contributed by atoms with Crippen LogP contribution in [0.2, 0.25) is 5.02 Å². The highest BCUT2D eigenvalue weighted by molar-refractivity contribution is 7.94. The van der Waals surface area contributed by atoms with Crippen molar-refractivity contribution in [3.05, 3.63) is 40.8 Å². The molecule has 1 aromatic rings. The molecule has 2 rings (SSSR count). The third kappa shape index (κ3) is 3.48. The molecule has 5 nitrogen and oxygen atoms in total. The molecule has 1 heterocycles. The van der Waals surface area contributed by atoms with Crippen LogP contribution in [0.4, 0.5) is 10.5 Å². The number of benzene rings is 1. The van der Waals surface area contributed by atoms with E-state index in [1.54, 1.807) is 24.3 Å². The van der Waals surface area contributed by atoms with Crippen LogP contribution in [0.1, 0.15) is 0 Å². The number of nitrogens with one attached hydrogen (secondary N) is 2. The number of sulfone groups is 1. The molecule has 0 spiro atoms. The highest BCUT2D eigenvalue weighted by Crippen LogP contribution is 2.13. The van der Waals surface area contributed by atoms with Gasteiger partial charge >= 0.3 is 6.03 Å². The lowest BCUT2D eigenvalue weighted by atomic mass is 10.3. The van der Waals surface area contributed by atoms with E-state index < -0.39 is 21.9 Å². The zero-order valence-electron chi connectivity index (χ0n) is 9.26. The molecule has 0 bridgehead atoms. The lowest BCUT2D eigenvalue weighted by Gasteiger charge is -2.11. The first-order valence-corrected chi connectivity index (χ1v) is 7.28. The van der Waals surface area contributed by atoms with Gasteiger partial charge in [0.25, 0.3) is 0 Å². The molecular formula is C11H11ClN2O3S.